The van der Waals surface area contributed by atoms with Crippen molar-refractivity contribution >= 4 is 17.3 Å². The van der Waals surface area contributed by atoms with Crippen LogP contribution in [0.1, 0.15) is 35.9 Å². The number of ether oxygens (including phenoxy) is 2. The Morgan fingerprint density at radius 3 is 2.27 bits per heavy atom. The van der Waals surface area contributed by atoms with E-state index < -0.39 is 0 Å². The van der Waals surface area contributed by atoms with Gasteiger partial charge in [0, 0.05) is 11.4 Å². The second kappa shape index (κ2) is 8.49. The maximum Gasteiger partial charge on any atom is 0.262 e. The molecule has 0 bridgehead atoms. The van der Waals surface area contributed by atoms with Gasteiger partial charge in [-0.1, -0.05) is 38.1 Å². The number of carbonyl (C=O) groups is 1. The zero-order valence-electron chi connectivity index (χ0n) is 17.5. The monoisotopic (exact) mass is 402 g/mol. The van der Waals surface area contributed by atoms with E-state index in [2.05, 4.69) is 19.2 Å². The molecule has 1 heterocycles. The van der Waals surface area contributed by atoms with E-state index in [9.17, 15) is 4.79 Å². The summed E-state index contributed by atoms with van der Waals surface area (Å²) in [6.45, 7) is 4.91. The first-order valence-corrected chi connectivity index (χ1v) is 10.1. The minimum absolute atomic E-state index is 0.0420. The molecule has 0 saturated heterocycles. The van der Waals surface area contributed by atoms with Gasteiger partial charge >= 0.3 is 0 Å². The Morgan fingerprint density at radius 2 is 1.60 bits per heavy atom. The number of hydrogen-bond donors (Lipinski definition) is 1. The van der Waals surface area contributed by atoms with Crippen molar-refractivity contribution in [3.05, 3.63) is 83.9 Å². The molecule has 1 aliphatic heterocycles. The maximum absolute atomic E-state index is 13.4. The zero-order valence-corrected chi connectivity index (χ0v) is 17.5. The van der Waals surface area contributed by atoms with Crippen LogP contribution in [0, 0.1) is 5.92 Å². The molecule has 0 aliphatic carbocycles. The number of rotatable bonds is 6. The van der Waals surface area contributed by atoms with Crippen molar-refractivity contribution in [2.45, 2.75) is 20.0 Å². The highest BCUT2D eigenvalue weighted by molar-refractivity contribution is 6.12. The molecule has 0 saturated carbocycles. The van der Waals surface area contributed by atoms with Crippen molar-refractivity contribution in [2.24, 2.45) is 5.92 Å². The molecule has 3 aromatic carbocycles. The number of amides is 1. The van der Waals surface area contributed by atoms with Crippen LogP contribution in [0.3, 0.4) is 0 Å². The predicted molar refractivity (Wildman–Crippen MR) is 119 cm³/mol. The minimum Gasteiger partial charge on any atom is -0.497 e. The normalized spacial score (nSPS) is 15.5. The van der Waals surface area contributed by atoms with Crippen LogP contribution in [0.15, 0.2) is 72.8 Å². The molecule has 0 spiro atoms. The van der Waals surface area contributed by atoms with Gasteiger partial charge in [0.2, 0.25) is 0 Å². The van der Waals surface area contributed by atoms with Crippen molar-refractivity contribution in [1.29, 1.82) is 0 Å². The van der Waals surface area contributed by atoms with Crippen molar-refractivity contribution in [3.63, 3.8) is 0 Å². The number of anilines is 2. The van der Waals surface area contributed by atoms with Gasteiger partial charge in [0.05, 0.1) is 19.3 Å². The largest absolute Gasteiger partial charge is 0.497 e. The number of para-hydroxylation sites is 1. The highest BCUT2D eigenvalue weighted by Gasteiger charge is 2.34. The molecule has 3 aromatic rings. The summed E-state index contributed by atoms with van der Waals surface area (Å²) in [5.74, 6) is 2.00. The summed E-state index contributed by atoms with van der Waals surface area (Å²) in [4.78, 5) is 15.2. The molecule has 0 aromatic heterocycles. The Balaban J connectivity index is 1.70. The third-order valence-corrected chi connectivity index (χ3v) is 5.06. The number of methoxy groups -OCH3 is 1. The summed E-state index contributed by atoms with van der Waals surface area (Å²) in [6.07, 6.45) is -0.333. The first-order valence-electron chi connectivity index (χ1n) is 10.1. The average molecular weight is 402 g/mol. The van der Waals surface area contributed by atoms with E-state index in [0.717, 1.165) is 28.4 Å². The van der Waals surface area contributed by atoms with Gasteiger partial charge in [-0.3, -0.25) is 9.69 Å². The number of fused-ring (bicyclic) bond motifs is 1. The van der Waals surface area contributed by atoms with Crippen molar-refractivity contribution in [3.8, 4) is 11.5 Å². The van der Waals surface area contributed by atoms with Crippen LogP contribution in [0.5, 0.6) is 11.5 Å². The van der Waals surface area contributed by atoms with Gasteiger partial charge in [-0.15, -0.1) is 0 Å². The summed E-state index contributed by atoms with van der Waals surface area (Å²) in [6, 6.07) is 23.0. The SMILES string of the molecule is COc1ccc(N2C(=O)c3ccccc3N[C@H]2c2ccc(OCC(C)C)cc2)cc1. The lowest BCUT2D eigenvalue weighted by Gasteiger charge is -2.38. The summed E-state index contributed by atoms with van der Waals surface area (Å²) in [5.41, 5.74) is 3.26. The first-order chi connectivity index (χ1) is 14.6. The van der Waals surface area contributed by atoms with E-state index >= 15 is 0 Å². The smallest absolute Gasteiger partial charge is 0.262 e. The number of benzene rings is 3. The van der Waals surface area contributed by atoms with Gasteiger partial charge < -0.3 is 14.8 Å². The van der Waals surface area contributed by atoms with E-state index in [1.807, 2.05) is 72.8 Å². The van der Waals surface area contributed by atoms with Crippen LogP contribution in [-0.2, 0) is 0 Å². The minimum atomic E-state index is -0.333. The molecule has 0 unspecified atom stereocenters. The number of nitrogens with one attached hydrogen (secondary N) is 1. The Hall–Kier alpha value is -3.47. The van der Waals surface area contributed by atoms with Crippen molar-refractivity contribution in [2.75, 3.05) is 23.9 Å². The summed E-state index contributed by atoms with van der Waals surface area (Å²) in [7, 11) is 1.63. The average Bonchev–Trinajstić information content (AvgIpc) is 2.78. The van der Waals surface area contributed by atoms with E-state index in [4.69, 9.17) is 9.47 Å². The molecule has 1 N–H and O–H groups in total. The molecule has 5 heteroatoms. The van der Waals surface area contributed by atoms with E-state index in [0.29, 0.717) is 18.1 Å². The Morgan fingerprint density at radius 1 is 0.933 bits per heavy atom. The van der Waals surface area contributed by atoms with Crippen LogP contribution in [0.2, 0.25) is 0 Å². The summed E-state index contributed by atoms with van der Waals surface area (Å²) < 4.78 is 11.1. The third kappa shape index (κ3) is 3.96. The van der Waals surface area contributed by atoms with Gasteiger partial charge in [-0.25, -0.2) is 0 Å². The van der Waals surface area contributed by atoms with Gasteiger partial charge in [0.1, 0.15) is 17.7 Å². The molecule has 0 fully saturated rings. The number of hydrogen-bond acceptors (Lipinski definition) is 4. The lowest BCUT2D eigenvalue weighted by Crippen LogP contribution is -2.43. The maximum atomic E-state index is 13.4. The van der Waals surface area contributed by atoms with Crippen LogP contribution in [0.25, 0.3) is 0 Å². The number of nitrogens with zero attached hydrogens (tertiary/aromatic N) is 1. The van der Waals surface area contributed by atoms with Crippen molar-refractivity contribution in [1.82, 2.24) is 0 Å². The quantitative estimate of drug-likeness (QED) is 0.591. The Bertz CT molecular complexity index is 1010. The molecule has 4 rings (SSSR count). The molecule has 1 amide bonds. The third-order valence-electron chi connectivity index (χ3n) is 5.06. The van der Waals surface area contributed by atoms with Crippen LogP contribution >= 0.6 is 0 Å². The van der Waals surface area contributed by atoms with E-state index in [1.165, 1.54) is 0 Å². The Kier molecular flexibility index (Phi) is 5.61. The lowest BCUT2D eigenvalue weighted by atomic mass is 10.0. The van der Waals surface area contributed by atoms with Gasteiger partial charge in [0.25, 0.3) is 5.91 Å². The lowest BCUT2D eigenvalue weighted by molar-refractivity contribution is 0.0975. The second-order valence-corrected chi connectivity index (χ2v) is 7.74. The predicted octanol–water partition coefficient (Wildman–Crippen LogP) is 5.50. The topological polar surface area (TPSA) is 50.8 Å². The fraction of sp³-hybridized carbons (Fsp3) is 0.240. The van der Waals surface area contributed by atoms with Crippen LogP contribution in [0.4, 0.5) is 11.4 Å². The van der Waals surface area contributed by atoms with Gasteiger partial charge in [0.15, 0.2) is 0 Å². The Labute approximate surface area is 177 Å². The van der Waals surface area contributed by atoms with Crippen LogP contribution in [-0.4, -0.2) is 19.6 Å². The summed E-state index contributed by atoms with van der Waals surface area (Å²) >= 11 is 0. The molecule has 1 aliphatic rings. The highest BCUT2D eigenvalue weighted by atomic mass is 16.5. The summed E-state index contributed by atoms with van der Waals surface area (Å²) in [5, 5.41) is 3.52. The van der Waals surface area contributed by atoms with E-state index in [1.54, 1.807) is 12.0 Å². The molecule has 30 heavy (non-hydrogen) atoms. The fourth-order valence-corrected chi connectivity index (χ4v) is 3.51. The van der Waals surface area contributed by atoms with Crippen LogP contribution < -0.4 is 19.7 Å². The molecule has 154 valence electrons. The standard InChI is InChI=1S/C25H26N2O3/c1-17(2)16-30-21-12-8-18(9-13-21)24-26-23-7-5-4-6-22(23)25(28)27(24)19-10-14-20(29-3)15-11-19/h4-15,17,24,26H,16H2,1-3H3/t24-/m1/s1. The second-order valence-electron chi connectivity index (χ2n) is 7.74. The van der Waals surface area contributed by atoms with E-state index in [-0.39, 0.29) is 12.1 Å². The molecule has 5 nitrogen and oxygen atoms in total. The number of carbonyl (C=O) groups excluding carboxylic acids is 1. The first kappa shape index (κ1) is 19.8. The molecule has 0 radical (unpaired) electrons. The fourth-order valence-electron chi connectivity index (χ4n) is 3.51. The molecular formula is C25H26N2O3. The molecular weight excluding hydrogens is 376 g/mol. The van der Waals surface area contributed by atoms with Gasteiger partial charge in [-0.05, 0) is 60.0 Å². The van der Waals surface area contributed by atoms with Gasteiger partial charge in [-0.2, -0.15) is 0 Å². The molecule has 1 atom stereocenters. The highest BCUT2D eigenvalue weighted by Crippen LogP contribution is 2.37. The zero-order chi connectivity index (χ0) is 21.1. The van der Waals surface area contributed by atoms with Crippen molar-refractivity contribution < 1.29 is 14.3 Å².